The second-order valence-electron chi connectivity index (χ2n) is 3.21. The number of nitrogens with zero attached hydrogens (tertiary/aromatic N) is 1. The fourth-order valence-electron chi connectivity index (χ4n) is 0.893. The molecule has 1 rings (SSSR count). The highest BCUT2D eigenvalue weighted by atomic mass is 32.2. The van der Waals surface area contributed by atoms with Gasteiger partial charge in [-0.3, -0.25) is 9.79 Å². The summed E-state index contributed by atoms with van der Waals surface area (Å²) in [5, 5.41) is 12.6. The van der Waals surface area contributed by atoms with Crippen LogP contribution < -0.4 is 5.32 Å². The Kier molecular flexibility index (Phi) is 3.74. The third-order valence-corrected chi connectivity index (χ3v) is 2.61. The summed E-state index contributed by atoms with van der Waals surface area (Å²) >= 11 is 1.51. The quantitative estimate of drug-likeness (QED) is 0.673. The maximum absolute atomic E-state index is 11.3. The molecule has 0 aromatic rings. The summed E-state index contributed by atoms with van der Waals surface area (Å²) in [5.74, 6) is 0.489. The van der Waals surface area contributed by atoms with E-state index in [0.717, 1.165) is 12.3 Å². The third kappa shape index (κ3) is 3.00. The SMILES string of the molecule is CC(C)[C@@H](O)C(=O)NC1=NCCS1. The number of hydrogen-bond donors (Lipinski definition) is 2. The van der Waals surface area contributed by atoms with Gasteiger partial charge in [0.25, 0.3) is 5.91 Å². The van der Waals surface area contributed by atoms with Crippen LogP contribution in [0.3, 0.4) is 0 Å². The van der Waals surface area contributed by atoms with Gasteiger partial charge in [-0.25, -0.2) is 0 Å². The van der Waals surface area contributed by atoms with Crippen LogP contribution in [0.25, 0.3) is 0 Å². The molecule has 2 N–H and O–H groups in total. The number of rotatable bonds is 2. The van der Waals surface area contributed by atoms with E-state index >= 15 is 0 Å². The summed E-state index contributed by atoms with van der Waals surface area (Å²) in [6.07, 6.45) is -0.941. The first-order valence-corrected chi connectivity index (χ1v) is 5.26. The minimum absolute atomic E-state index is 0.0630. The minimum Gasteiger partial charge on any atom is -0.383 e. The molecule has 0 aliphatic carbocycles. The molecule has 0 aromatic carbocycles. The maximum Gasteiger partial charge on any atom is 0.255 e. The van der Waals surface area contributed by atoms with Crippen molar-refractivity contribution >= 4 is 22.8 Å². The van der Waals surface area contributed by atoms with Gasteiger partial charge in [0.15, 0.2) is 5.17 Å². The van der Waals surface area contributed by atoms with Crippen molar-refractivity contribution in [3.63, 3.8) is 0 Å². The first kappa shape index (κ1) is 10.5. The molecule has 1 amide bonds. The molecule has 0 aromatic heterocycles. The van der Waals surface area contributed by atoms with E-state index in [0.29, 0.717) is 5.17 Å². The lowest BCUT2D eigenvalue weighted by atomic mass is 10.1. The van der Waals surface area contributed by atoms with Crippen LogP contribution in [-0.4, -0.2) is 34.6 Å². The van der Waals surface area contributed by atoms with E-state index in [2.05, 4.69) is 10.3 Å². The minimum atomic E-state index is -0.941. The molecule has 0 fully saturated rings. The predicted molar refractivity (Wildman–Crippen MR) is 53.7 cm³/mol. The van der Waals surface area contributed by atoms with E-state index in [1.807, 2.05) is 0 Å². The summed E-state index contributed by atoms with van der Waals surface area (Å²) in [6, 6.07) is 0. The van der Waals surface area contributed by atoms with E-state index in [9.17, 15) is 9.90 Å². The Morgan fingerprint density at radius 1 is 1.69 bits per heavy atom. The van der Waals surface area contributed by atoms with Gasteiger partial charge in [0.1, 0.15) is 6.10 Å². The average molecular weight is 202 g/mol. The molecule has 0 unspecified atom stereocenters. The summed E-state index contributed by atoms with van der Waals surface area (Å²) in [6.45, 7) is 4.35. The zero-order chi connectivity index (χ0) is 9.84. The zero-order valence-electron chi connectivity index (χ0n) is 7.78. The number of hydrogen-bond acceptors (Lipinski definition) is 4. The number of nitrogens with one attached hydrogen (secondary N) is 1. The first-order chi connectivity index (χ1) is 6.11. The van der Waals surface area contributed by atoms with Crippen LogP contribution in [0.1, 0.15) is 13.8 Å². The van der Waals surface area contributed by atoms with E-state index in [4.69, 9.17) is 0 Å². The normalized spacial score (nSPS) is 18.6. The summed E-state index contributed by atoms with van der Waals surface area (Å²) in [5.41, 5.74) is 0. The molecular formula is C8H14N2O2S. The molecule has 0 saturated heterocycles. The van der Waals surface area contributed by atoms with Crippen molar-refractivity contribution in [3.05, 3.63) is 0 Å². The molecule has 0 spiro atoms. The molecule has 5 heteroatoms. The van der Waals surface area contributed by atoms with Crippen LogP contribution in [0.4, 0.5) is 0 Å². The van der Waals surface area contributed by atoms with Gasteiger partial charge in [0.2, 0.25) is 0 Å². The van der Waals surface area contributed by atoms with Crippen LogP contribution in [-0.2, 0) is 4.79 Å². The van der Waals surface area contributed by atoms with Crippen LogP contribution in [0.5, 0.6) is 0 Å². The molecule has 4 nitrogen and oxygen atoms in total. The molecule has 0 saturated carbocycles. The first-order valence-electron chi connectivity index (χ1n) is 4.27. The average Bonchev–Trinajstić information content (AvgIpc) is 2.55. The van der Waals surface area contributed by atoms with Gasteiger partial charge in [-0.05, 0) is 5.92 Å². The molecule has 1 atom stereocenters. The van der Waals surface area contributed by atoms with Gasteiger partial charge in [0.05, 0.1) is 6.54 Å². The molecule has 1 heterocycles. The Balaban J connectivity index is 2.40. The monoisotopic (exact) mass is 202 g/mol. The Labute approximate surface area is 81.8 Å². The van der Waals surface area contributed by atoms with Crippen molar-refractivity contribution in [3.8, 4) is 0 Å². The lowest BCUT2D eigenvalue weighted by Crippen LogP contribution is -2.39. The van der Waals surface area contributed by atoms with Crippen LogP contribution in [0, 0.1) is 5.92 Å². The number of thioether (sulfide) groups is 1. The van der Waals surface area contributed by atoms with E-state index in [1.165, 1.54) is 11.8 Å². The smallest absolute Gasteiger partial charge is 0.255 e. The largest absolute Gasteiger partial charge is 0.383 e. The van der Waals surface area contributed by atoms with E-state index in [-0.39, 0.29) is 11.8 Å². The van der Waals surface area contributed by atoms with Crippen molar-refractivity contribution < 1.29 is 9.90 Å². The molecule has 74 valence electrons. The van der Waals surface area contributed by atoms with Crippen molar-refractivity contribution in [1.29, 1.82) is 0 Å². The van der Waals surface area contributed by atoms with Crippen molar-refractivity contribution in [2.24, 2.45) is 10.9 Å². The molecule has 13 heavy (non-hydrogen) atoms. The highest BCUT2D eigenvalue weighted by Crippen LogP contribution is 2.10. The summed E-state index contributed by atoms with van der Waals surface area (Å²) in [4.78, 5) is 15.3. The standard InChI is InChI=1S/C8H14N2O2S/c1-5(2)6(11)7(12)10-8-9-3-4-13-8/h5-6,11H,3-4H2,1-2H3,(H,9,10,12)/t6-/m1/s1. The Bertz CT molecular complexity index is 228. The molecule has 0 radical (unpaired) electrons. The topological polar surface area (TPSA) is 61.7 Å². The van der Waals surface area contributed by atoms with Crippen molar-refractivity contribution in [2.45, 2.75) is 20.0 Å². The fraction of sp³-hybridized carbons (Fsp3) is 0.750. The Hall–Kier alpha value is -0.550. The van der Waals surface area contributed by atoms with Gasteiger partial charge in [-0.1, -0.05) is 25.6 Å². The second-order valence-corrected chi connectivity index (χ2v) is 4.30. The lowest BCUT2D eigenvalue weighted by molar-refractivity contribution is -0.129. The number of carbonyl (C=O) groups excluding carboxylic acids is 1. The number of carbonyl (C=O) groups is 1. The van der Waals surface area contributed by atoms with Gasteiger partial charge >= 0.3 is 0 Å². The molecule has 0 bridgehead atoms. The number of amides is 1. The van der Waals surface area contributed by atoms with Crippen LogP contribution in [0.15, 0.2) is 4.99 Å². The number of aliphatic hydroxyl groups is 1. The molecule has 1 aliphatic heterocycles. The van der Waals surface area contributed by atoms with Crippen LogP contribution >= 0.6 is 11.8 Å². The van der Waals surface area contributed by atoms with Crippen molar-refractivity contribution in [2.75, 3.05) is 12.3 Å². The van der Waals surface area contributed by atoms with Gasteiger partial charge in [0, 0.05) is 5.75 Å². The predicted octanol–water partition coefficient (Wildman–Crippen LogP) is 0.222. The Morgan fingerprint density at radius 2 is 2.38 bits per heavy atom. The molecule has 1 aliphatic rings. The van der Waals surface area contributed by atoms with Crippen LogP contribution in [0.2, 0.25) is 0 Å². The Morgan fingerprint density at radius 3 is 2.85 bits per heavy atom. The van der Waals surface area contributed by atoms with Gasteiger partial charge in [-0.15, -0.1) is 0 Å². The van der Waals surface area contributed by atoms with Gasteiger partial charge < -0.3 is 10.4 Å². The third-order valence-electron chi connectivity index (χ3n) is 1.72. The fourth-order valence-corrected chi connectivity index (χ4v) is 1.62. The highest BCUT2D eigenvalue weighted by Gasteiger charge is 2.20. The van der Waals surface area contributed by atoms with Gasteiger partial charge in [-0.2, -0.15) is 0 Å². The van der Waals surface area contributed by atoms with E-state index < -0.39 is 6.10 Å². The lowest BCUT2D eigenvalue weighted by Gasteiger charge is -2.13. The zero-order valence-corrected chi connectivity index (χ0v) is 8.60. The molecular weight excluding hydrogens is 188 g/mol. The van der Waals surface area contributed by atoms with Crippen molar-refractivity contribution in [1.82, 2.24) is 5.32 Å². The number of aliphatic hydroxyl groups excluding tert-OH is 1. The second kappa shape index (κ2) is 4.62. The summed E-state index contributed by atoms with van der Waals surface area (Å²) in [7, 11) is 0. The highest BCUT2D eigenvalue weighted by molar-refractivity contribution is 8.14. The number of aliphatic imine (C=N–C) groups is 1. The maximum atomic E-state index is 11.3. The van der Waals surface area contributed by atoms with E-state index in [1.54, 1.807) is 13.8 Å². The number of amidine groups is 1. The summed E-state index contributed by atoms with van der Waals surface area (Å²) < 4.78 is 0.